The van der Waals surface area contributed by atoms with Gasteiger partial charge in [-0.1, -0.05) is 6.07 Å². The standard InChI is InChI=1S/C12H13N3O4/c1-15-6-7(5-10(15)16)11(17)14-9-4-2-3-8(13-9)12(18)19/h2-4,7H,5-6H2,1H3,(H,18,19)(H,13,14,17). The Bertz CT molecular complexity index is 544. The first-order valence-corrected chi connectivity index (χ1v) is 5.72. The molecule has 1 aliphatic heterocycles. The minimum absolute atomic E-state index is 0.0765. The molecule has 1 aromatic rings. The molecule has 19 heavy (non-hydrogen) atoms. The van der Waals surface area contributed by atoms with Crippen molar-refractivity contribution in [3.05, 3.63) is 23.9 Å². The van der Waals surface area contributed by atoms with Crippen molar-refractivity contribution in [3.8, 4) is 0 Å². The number of carboxylic acid groups (broad SMARTS) is 1. The van der Waals surface area contributed by atoms with E-state index >= 15 is 0 Å². The molecule has 7 heteroatoms. The van der Waals surface area contributed by atoms with Gasteiger partial charge in [0.15, 0.2) is 5.69 Å². The highest BCUT2D eigenvalue weighted by Crippen LogP contribution is 2.17. The Balaban J connectivity index is 2.05. The van der Waals surface area contributed by atoms with E-state index < -0.39 is 11.9 Å². The van der Waals surface area contributed by atoms with E-state index in [1.807, 2.05) is 0 Å². The number of likely N-dealkylation sites (tertiary alicyclic amines) is 1. The summed E-state index contributed by atoms with van der Waals surface area (Å²) in [7, 11) is 1.64. The topological polar surface area (TPSA) is 99.6 Å². The number of amides is 2. The van der Waals surface area contributed by atoms with E-state index in [4.69, 9.17) is 5.11 Å². The predicted octanol–water partition coefficient (Wildman–Crippen LogP) is 0.197. The van der Waals surface area contributed by atoms with Crippen LogP contribution in [-0.4, -0.2) is 46.4 Å². The number of aromatic carboxylic acids is 1. The van der Waals surface area contributed by atoms with Crippen LogP contribution in [0.15, 0.2) is 18.2 Å². The fourth-order valence-corrected chi connectivity index (χ4v) is 1.89. The average molecular weight is 263 g/mol. The van der Waals surface area contributed by atoms with Gasteiger partial charge in [0.2, 0.25) is 11.8 Å². The third-order valence-electron chi connectivity index (χ3n) is 2.93. The fraction of sp³-hybridized carbons (Fsp3) is 0.333. The van der Waals surface area contributed by atoms with E-state index in [0.717, 1.165) is 0 Å². The number of carbonyl (C=O) groups excluding carboxylic acids is 2. The van der Waals surface area contributed by atoms with Gasteiger partial charge in [-0.05, 0) is 12.1 Å². The number of hydrogen-bond donors (Lipinski definition) is 2. The summed E-state index contributed by atoms with van der Waals surface area (Å²) in [6.45, 7) is 0.364. The molecule has 2 amide bonds. The largest absolute Gasteiger partial charge is 0.477 e. The zero-order chi connectivity index (χ0) is 14.0. The SMILES string of the molecule is CN1CC(C(=O)Nc2cccc(C(=O)O)n2)CC1=O. The highest BCUT2D eigenvalue weighted by molar-refractivity contribution is 5.97. The molecule has 0 saturated carbocycles. The zero-order valence-corrected chi connectivity index (χ0v) is 10.3. The second-order valence-electron chi connectivity index (χ2n) is 4.38. The maximum Gasteiger partial charge on any atom is 0.354 e. The Kier molecular flexibility index (Phi) is 3.46. The molecule has 100 valence electrons. The number of aromatic nitrogens is 1. The molecule has 1 atom stereocenters. The number of carbonyl (C=O) groups is 3. The van der Waals surface area contributed by atoms with Crippen molar-refractivity contribution in [3.63, 3.8) is 0 Å². The predicted molar refractivity (Wildman–Crippen MR) is 65.6 cm³/mol. The van der Waals surface area contributed by atoms with Gasteiger partial charge < -0.3 is 15.3 Å². The number of hydrogen-bond acceptors (Lipinski definition) is 4. The molecule has 1 unspecified atom stereocenters. The second-order valence-corrected chi connectivity index (χ2v) is 4.38. The first-order valence-electron chi connectivity index (χ1n) is 5.72. The number of carboxylic acids is 1. The lowest BCUT2D eigenvalue weighted by Gasteiger charge is -2.10. The molecule has 0 radical (unpaired) electrons. The number of rotatable bonds is 3. The molecule has 1 saturated heterocycles. The summed E-state index contributed by atoms with van der Waals surface area (Å²) < 4.78 is 0. The highest BCUT2D eigenvalue weighted by Gasteiger charge is 2.32. The Labute approximate surface area is 109 Å². The summed E-state index contributed by atoms with van der Waals surface area (Å²) in [5.41, 5.74) is -0.141. The summed E-state index contributed by atoms with van der Waals surface area (Å²) in [5, 5.41) is 11.3. The molecule has 0 aromatic carbocycles. The van der Waals surface area contributed by atoms with Gasteiger partial charge in [0.05, 0.1) is 5.92 Å². The van der Waals surface area contributed by atoms with E-state index in [1.54, 1.807) is 7.05 Å². The van der Waals surface area contributed by atoms with Crippen molar-refractivity contribution < 1.29 is 19.5 Å². The molecule has 1 aliphatic rings. The summed E-state index contributed by atoms with van der Waals surface area (Å²) >= 11 is 0. The average Bonchev–Trinajstić information content (AvgIpc) is 2.70. The first kappa shape index (κ1) is 13.0. The number of pyridine rings is 1. The van der Waals surface area contributed by atoms with Gasteiger partial charge in [-0.15, -0.1) is 0 Å². The van der Waals surface area contributed by atoms with E-state index in [1.165, 1.54) is 23.1 Å². The minimum atomic E-state index is -1.16. The minimum Gasteiger partial charge on any atom is -0.477 e. The maximum absolute atomic E-state index is 11.9. The highest BCUT2D eigenvalue weighted by atomic mass is 16.4. The summed E-state index contributed by atoms with van der Waals surface area (Å²) in [4.78, 5) is 39.3. The number of nitrogens with zero attached hydrogens (tertiary/aromatic N) is 2. The van der Waals surface area contributed by atoms with Gasteiger partial charge in [0, 0.05) is 20.0 Å². The molecule has 7 nitrogen and oxygen atoms in total. The lowest BCUT2D eigenvalue weighted by Crippen LogP contribution is -2.26. The first-order chi connectivity index (χ1) is 8.97. The quantitative estimate of drug-likeness (QED) is 0.811. The molecule has 0 bridgehead atoms. The van der Waals surface area contributed by atoms with Crippen LogP contribution < -0.4 is 5.32 Å². The van der Waals surface area contributed by atoms with E-state index in [0.29, 0.717) is 6.54 Å². The smallest absolute Gasteiger partial charge is 0.354 e. The number of anilines is 1. The molecule has 2 heterocycles. The molecule has 2 N–H and O–H groups in total. The van der Waals surface area contributed by atoms with Crippen molar-refractivity contribution in [2.75, 3.05) is 18.9 Å². The fourth-order valence-electron chi connectivity index (χ4n) is 1.89. The van der Waals surface area contributed by atoms with Crippen LogP contribution in [0.3, 0.4) is 0 Å². The van der Waals surface area contributed by atoms with Crippen molar-refractivity contribution in [1.29, 1.82) is 0 Å². The molecule has 0 spiro atoms. The van der Waals surface area contributed by atoms with Crippen molar-refractivity contribution >= 4 is 23.6 Å². The van der Waals surface area contributed by atoms with Crippen LogP contribution in [0.2, 0.25) is 0 Å². The van der Waals surface area contributed by atoms with Crippen molar-refractivity contribution in [2.24, 2.45) is 5.92 Å². The lowest BCUT2D eigenvalue weighted by atomic mass is 10.1. The molecule has 1 fully saturated rings. The van der Waals surface area contributed by atoms with Gasteiger partial charge in [-0.2, -0.15) is 0 Å². The summed E-state index contributed by atoms with van der Waals surface area (Å²) in [6.07, 6.45) is 0.168. The van der Waals surface area contributed by atoms with Crippen LogP contribution in [0.1, 0.15) is 16.9 Å². The van der Waals surface area contributed by atoms with E-state index in [2.05, 4.69) is 10.3 Å². The Hall–Kier alpha value is -2.44. The third kappa shape index (κ3) is 2.87. The van der Waals surface area contributed by atoms with Gasteiger partial charge in [0.25, 0.3) is 0 Å². The van der Waals surface area contributed by atoms with Crippen LogP contribution in [0.5, 0.6) is 0 Å². The van der Waals surface area contributed by atoms with Gasteiger partial charge in [0.1, 0.15) is 5.82 Å². The Morgan fingerprint density at radius 1 is 1.47 bits per heavy atom. The zero-order valence-electron chi connectivity index (χ0n) is 10.3. The molecular formula is C12H13N3O4. The number of nitrogens with one attached hydrogen (secondary N) is 1. The second kappa shape index (κ2) is 5.05. The van der Waals surface area contributed by atoms with E-state index in [-0.39, 0.29) is 29.7 Å². The van der Waals surface area contributed by atoms with E-state index in [9.17, 15) is 14.4 Å². The normalized spacial score (nSPS) is 18.5. The molecular weight excluding hydrogens is 250 g/mol. The van der Waals surface area contributed by atoms with Crippen LogP contribution in [0.4, 0.5) is 5.82 Å². The van der Waals surface area contributed by atoms with Gasteiger partial charge in [-0.3, -0.25) is 9.59 Å². The lowest BCUT2D eigenvalue weighted by molar-refractivity contribution is -0.127. The van der Waals surface area contributed by atoms with Crippen LogP contribution >= 0.6 is 0 Å². The third-order valence-corrected chi connectivity index (χ3v) is 2.93. The van der Waals surface area contributed by atoms with Gasteiger partial charge in [-0.25, -0.2) is 9.78 Å². The van der Waals surface area contributed by atoms with Crippen molar-refractivity contribution in [2.45, 2.75) is 6.42 Å². The van der Waals surface area contributed by atoms with Crippen LogP contribution in [-0.2, 0) is 9.59 Å². The van der Waals surface area contributed by atoms with Crippen LogP contribution in [0, 0.1) is 5.92 Å². The van der Waals surface area contributed by atoms with Gasteiger partial charge >= 0.3 is 5.97 Å². The summed E-state index contributed by atoms with van der Waals surface area (Å²) in [6, 6.07) is 4.34. The molecule has 2 rings (SSSR count). The van der Waals surface area contributed by atoms with Crippen LogP contribution in [0.25, 0.3) is 0 Å². The molecule has 1 aromatic heterocycles. The Morgan fingerprint density at radius 3 is 2.79 bits per heavy atom. The molecule has 0 aliphatic carbocycles. The monoisotopic (exact) mass is 263 g/mol. The maximum atomic E-state index is 11.9. The summed E-state index contributed by atoms with van der Waals surface area (Å²) in [5.74, 6) is -1.81. The Morgan fingerprint density at radius 2 is 2.21 bits per heavy atom. The van der Waals surface area contributed by atoms with Crippen molar-refractivity contribution in [1.82, 2.24) is 9.88 Å².